The fourth-order valence-corrected chi connectivity index (χ4v) is 2.64. The first-order chi connectivity index (χ1) is 9.48. The van der Waals surface area contributed by atoms with E-state index in [0.29, 0.717) is 13.0 Å². The SMILES string of the molecule is CCNC(COCC(F)(F)F)Cc1cn2ccsc2n1. The number of likely N-dealkylation sites (N-methyl/N-ethyl adjacent to an activating group) is 1. The first-order valence-electron chi connectivity index (χ1n) is 6.27. The predicted octanol–water partition coefficient (Wildman–Crippen LogP) is 2.50. The Morgan fingerprint density at radius 3 is 2.95 bits per heavy atom. The van der Waals surface area contributed by atoms with Crippen molar-refractivity contribution in [1.29, 1.82) is 0 Å². The van der Waals surface area contributed by atoms with Gasteiger partial charge in [0.1, 0.15) is 6.61 Å². The smallest absolute Gasteiger partial charge is 0.370 e. The molecular formula is C12H16F3N3OS. The van der Waals surface area contributed by atoms with Crippen molar-refractivity contribution in [3.8, 4) is 0 Å². The molecule has 0 spiro atoms. The van der Waals surface area contributed by atoms with Crippen LogP contribution in [-0.2, 0) is 11.2 Å². The molecule has 1 atom stereocenters. The molecule has 1 unspecified atom stereocenters. The van der Waals surface area contributed by atoms with Gasteiger partial charge in [0.15, 0.2) is 4.96 Å². The quantitative estimate of drug-likeness (QED) is 0.854. The van der Waals surface area contributed by atoms with E-state index < -0.39 is 12.8 Å². The molecule has 0 aromatic carbocycles. The van der Waals surface area contributed by atoms with Crippen molar-refractivity contribution in [2.24, 2.45) is 0 Å². The summed E-state index contributed by atoms with van der Waals surface area (Å²) in [5.41, 5.74) is 0.846. The number of hydrogen-bond acceptors (Lipinski definition) is 4. The van der Waals surface area contributed by atoms with Crippen LogP contribution in [0.4, 0.5) is 13.2 Å². The van der Waals surface area contributed by atoms with E-state index in [1.807, 2.05) is 29.1 Å². The number of rotatable bonds is 7. The molecule has 2 aromatic rings. The number of halogens is 3. The maximum absolute atomic E-state index is 12.1. The Balaban J connectivity index is 1.89. The van der Waals surface area contributed by atoms with Crippen LogP contribution in [0.2, 0.25) is 0 Å². The highest BCUT2D eigenvalue weighted by Crippen LogP contribution is 2.15. The molecule has 0 aliphatic heterocycles. The third-order valence-electron chi connectivity index (χ3n) is 2.68. The molecule has 0 saturated heterocycles. The van der Waals surface area contributed by atoms with Crippen molar-refractivity contribution < 1.29 is 17.9 Å². The second-order valence-corrected chi connectivity index (χ2v) is 5.29. The Labute approximate surface area is 118 Å². The van der Waals surface area contributed by atoms with Crippen LogP contribution in [0.25, 0.3) is 4.96 Å². The largest absolute Gasteiger partial charge is 0.411 e. The molecule has 8 heteroatoms. The molecule has 0 amide bonds. The summed E-state index contributed by atoms with van der Waals surface area (Å²) in [5, 5.41) is 5.05. The van der Waals surface area contributed by atoms with Crippen molar-refractivity contribution in [2.75, 3.05) is 19.8 Å². The van der Waals surface area contributed by atoms with Gasteiger partial charge in [0, 0.05) is 30.2 Å². The fourth-order valence-electron chi connectivity index (χ4n) is 1.92. The third kappa shape index (κ3) is 4.46. The summed E-state index contributed by atoms with van der Waals surface area (Å²) in [7, 11) is 0. The second kappa shape index (κ2) is 6.55. The highest BCUT2D eigenvalue weighted by molar-refractivity contribution is 7.15. The lowest BCUT2D eigenvalue weighted by atomic mass is 10.2. The number of imidazole rings is 1. The molecule has 20 heavy (non-hydrogen) atoms. The summed E-state index contributed by atoms with van der Waals surface area (Å²) in [6.07, 6.45) is 0.0483. The van der Waals surface area contributed by atoms with E-state index in [0.717, 1.165) is 10.7 Å². The van der Waals surface area contributed by atoms with Gasteiger partial charge in [-0.2, -0.15) is 13.2 Å². The monoisotopic (exact) mass is 307 g/mol. The molecule has 2 rings (SSSR count). The standard InChI is InChI=1S/C12H16F3N3OS/c1-2-16-10(7-19-8-12(13,14)15)5-9-6-18-3-4-20-11(18)17-9/h3-4,6,10,16H,2,5,7-8H2,1H3. The van der Waals surface area contributed by atoms with Crippen molar-refractivity contribution in [3.05, 3.63) is 23.5 Å². The van der Waals surface area contributed by atoms with Gasteiger partial charge >= 0.3 is 6.18 Å². The topological polar surface area (TPSA) is 38.6 Å². The first kappa shape index (κ1) is 15.3. The Morgan fingerprint density at radius 2 is 2.30 bits per heavy atom. The molecular weight excluding hydrogens is 291 g/mol. The number of thiazole rings is 1. The minimum atomic E-state index is -4.28. The maximum Gasteiger partial charge on any atom is 0.411 e. The van der Waals surface area contributed by atoms with Crippen LogP contribution in [0.1, 0.15) is 12.6 Å². The van der Waals surface area contributed by atoms with E-state index >= 15 is 0 Å². The van der Waals surface area contributed by atoms with E-state index in [2.05, 4.69) is 10.3 Å². The first-order valence-corrected chi connectivity index (χ1v) is 7.15. The summed E-state index contributed by atoms with van der Waals surface area (Å²) < 4.78 is 42.8. The van der Waals surface area contributed by atoms with Crippen LogP contribution in [0.3, 0.4) is 0 Å². The van der Waals surface area contributed by atoms with Gasteiger partial charge in [-0.1, -0.05) is 6.92 Å². The molecule has 0 fully saturated rings. The highest BCUT2D eigenvalue weighted by Gasteiger charge is 2.28. The lowest BCUT2D eigenvalue weighted by molar-refractivity contribution is -0.175. The molecule has 0 radical (unpaired) electrons. The van der Waals surface area contributed by atoms with Crippen molar-refractivity contribution in [2.45, 2.75) is 25.6 Å². The van der Waals surface area contributed by atoms with Gasteiger partial charge in [-0.3, -0.25) is 4.40 Å². The van der Waals surface area contributed by atoms with Crippen LogP contribution in [-0.4, -0.2) is 41.4 Å². The van der Waals surface area contributed by atoms with Gasteiger partial charge in [0.25, 0.3) is 0 Å². The van der Waals surface area contributed by atoms with Crippen LogP contribution in [0.5, 0.6) is 0 Å². The van der Waals surface area contributed by atoms with Gasteiger partial charge in [-0.25, -0.2) is 4.98 Å². The molecule has 0 aliphatic rings. The van der Waals surface area contributed by atoms with E-state index in [4.69, 9.17) is 4.74 Å². The van der Waals surface area contributed by atoms with Gasteiger partial charge in [-0.05, 0) is 6.54 Å². The number of aromatic nitrogens is 2. The van der Waals surface area contributed by atoms with Crippen LogP contribution in [0.15, 0.2) is 17.8 Å². The van der Waals surface area contributed by atoms with E-state index in [9.17, 15) is 13.2 Å². The molecule has 0 bridgehead atoms. The van der Waals surface area contributed by atoms with E-state index in [-0.39, 0.29) is 12.6 Å². The Bertz CT molecular complexity index is 509. The summed E-state index contributed by atoms with van der Waals surface area (Å²) in [6.45, 7) is 1.37. The van der Waals surface area contributed by atoms with Crippen molar-refractivity contribution in [1.82, 2.24) is 14.7 Å². The predicted molar refractivity (Wildman–Crippen MR) is 71.1 cm³/mol. The Morgan fingerprint density at radius 1 is 1.50 bits per heavy atom. The summed E-state index contributed by atoms with van der Waals surface area (Å²) >= 11 is 1.52. The zero-order chi connectivity index (χ0) is 14.6. The van der Waals surface area contributed by atoms with Crippen LogP contribution < -0.4 is 5.32 Å². The van der Waals surface area contributed by atoms with Gasteiger partial charge in [-0.15, -0.1) is 11.3 Å². The second-order valence-electron chi connectivity index (χ2n) is 4.41. The molecule has 2 aromatic heterocycles. The number of nitrogens with one attached hydrogen (secondary N) is 1. The van der Waals surface area contributed by atoms with E-state index in [1.54, 1.807) is 0 Å². The minimum Gasteiger partial charge on any atom is -0.370 e. The average Bonchev–Trinajstić information content (AvgIpc) is 2.87. The van der Waals surface area contributed by atoms with Crippen LogP contribution in [0, 0.1) is 0 Å². The molecule has 0 aliphatic carbocycles. The average molecular weight is 307 g/mol. The normalized spacial score (nSPS) is 14.0. The lowest BCUT2D eigenvalue weighted by Crippen LogP contribution is -2.36. The zero-order valence-electron chi connectivity index (χ0n) is 11.0. The minimum absolute atomic E-state index is 0.0124. The number of nitrogens with zero attached hydrogens (tertiary/aromatic N) is 2. The molecule has 1 N–H and O–H groups in total. The zero-order valence-corrected chi connectivity index (χ0v) is 11.8. The number of fused-ring (bicyclic) bond motifs is 1. The van der Waals surface area contributed by atoms with E-state index in [1.165, 1.54) is 11.3 Å². The van der Waals surface area contributed by atoms with Crippen molar-refractivity contribution in [3.63, 3.8) is 0 Å². The number of hydrogen-bond donors (Lipinski definition) is 1. The van der Waals surface area contributed by atoms with Crippen LogP contribution >= 0.6 is 11.3 Å². The Hall–Kier alpha value is -1.12. The summed E-state index contributed by atoms with van der Waals surface area (Å²) in [5.74, 6) is 0. The number of alkyl halides is 3. The van der Waals surface area contributed by atoms with Gasteiger partial charge in [0.05, 0.1) is 12.3 Å². The van der Waals surface area contributed by atoms with Crippen molar-refractivity contribution >= 4 is 16.3 Å². The molecule has 4 nitrogen and oxygen atoms in total. The summed E-state index contributed by atoms with van der Waals surface area (Å²) in [6, 6.07) is -0.174. The van der Waals surface area contributed by atoms with Gasteiger partial charge < -0.3 is 10.1 Å². The molecule has 0 saturated carbocycles. The lowest BCUT2D eigenvalue weighted by Gasteiger charge is -2.17. The van der Waals surface area contributed by atoms with Gasteiger partial charge in [0.2, 0.25) is 0 Å². The molecule has 112 valence electrons. The molecule has 2 heterocycles. The Kier molecular flexibility index (Phi) is 5.00. The summed E-state index contributed by atoms with van der Waals surface area (Å²) in [4.78, 5) is 5.30. The highest BCUT2D eigenvalue weighted by atomic mass is 32.1. The third-order valence-corrected chi connectivity index (χ3v) is 3.45. The maximum atomic E-state index is 12.1. The number of ether oxygens (including phenoxy) is 1. The fraction of sp³-hybridized carbons (Fsp3) is 0.583.